The lowest BCUT2D eigenvalue weighted by molar-refractivity contribution is 0.111. The fraction of sp³-hybridized carbons (Fsp3) is 0.263. The van der Waals surface area contributed by atoms with Gasteiger partial charge in [-0.15, -0.1) is 0 Å². The van der Waals surface area contributed by atoms with Crippen LogP contribution in [0.15, 0.2) is 42.5 Å². The van der Waals surface area contributed by atoms with E-state index in [0.29, 0.717) is 23.5 Å². The second-order valence-electron chi connectivity index (χ2n) is 6.24. The summed E-state index contributed by atoms with van der Waals surface area (Å²) in [5.74, 6) is 0.349. The van der Waals surface area contributed by atoms with Crippen LogP contribution in [0.4, 0.5) is 0 Å². The van der Waals surface area contributed by atoms with Gasteiger partial charge in [-0.05, 0) is 28.7 Å². The molecule has 0 aromatic heterocycles. The molecule has 22 heavy (non-hydrogen) atoms. The van der Waals surface area contributed by atoms with Crippen LogP contribution in [-0.2, 0) is 12.0 Å². The SMILES string of the molecule is CC(C)(C)c1cc(C=O)c(OCc2ccccc2)c(C=O)c1. The van der Waals surface area contributed by atoms with Gasteiger partial charge in [-0.1, -0.05) is 51.1 Å². The second-order valence-corrected chi connectivity index (χ2v) is 6.24. The number of ether oxygens (including phenoxy) is 1. The average Bonchev–Trinajstić information content (AvgIpc) is 2.52. The Morgan fingerprint density at radius 1 is 0.955 bits per heavy atom. The van der Waals surface area contributed by atoms with E-state index in [1.54, 1.807) is 12.1 Å². The van der Waals surface area contributed by atoms with Gasteiger partial charge in [-0.25, -0.2) is 0 Å². The molecule has 3 heteroatoms. The molecule has 0 saturated heterocycles. The highest BCUT2D eigenvalue weighted by Crippen LogP contribution is 2.30. The van der Waals surface area contributed by atoms with E-state index < -0.39 is 0 Å². The van der Waals surface area contributed by atoms with Crippen molar-refractivity contribution in [2.24, 2.45) is 0 Å². The molecule has 0 aliphatic heterocycles. The molecule has 0 unspecified atom stereocenters. The van der Waals surface area contributed by atoms with E-state index in [9.17, 15) is 9.59 Å². The topological polar surface area (TPSA) is 43.4 Å². The normalized spacial score (nSPS) is 11.0. The molecule has 0 aliphatic carbocycles. The third-order valence-electron chi connectivity index (χ3n) is 3.49. The zero-order valence-electron chi connectivity index (χ0n) is 13.1. The van der Waals surface area contributed by atoms with E-state index in [1.165, 1.54) is 0 Å². The molecule has 0 amide bonds. The quantitative estimate of drug-likeness (QED) is 0.777. The first-order chi connectivity index (χ1) is 10.5. The average molecular weight is 296 g/mol. The number of hydrogen-bond donors (Lipinski definition) is 0. The van der Waals surface area contributed by atoms with Crippen LogP contribution in [0.5, 0.6) is 5.75 Å². The van der Waals surface area contributed by atoms with E-state index in [0.717, 1.165) is 23.7 Å². The van der Waals surface area contributed by atoms with Crippen LogP contribution in [0, 0.1) is 0 Å². The van der Waals surface area contributed by atoms with Gasteiger partial charge in [0.15, 0.2) is 12.6 Å². The summed E-state index contributed by atoms with van der Waals surface area (Å²) in [5.41, 5.74) is 2.59. The molecule has 2 aromatic rings. The molecule has 0 heterocycles. The largest absolute Gasteiger partial charge is 0.487 e. The summed E-state index contributed by atoms with van der Waals surface area (Å²) in [6.07, 6.45) is 1.48. The maximum atomic E-state index is 11.4. The molecule has 3 nitrogen and oxygen atoms in total. The van der Waals surface area contributed by atoms with E-state index in [2.05, 4.69) is 0 Å². The predicted molar refractivity (Wildman–Crippen MR) is 86.7 cm³/mol. The van der Waals surface area contributed by atoms with Crippen LogP contribution in [0.25, 0.3) is 0 Å². The molecular formula is C19H20O3. The monoisotopic (exact) mass is 296 g/mol. The minimum atomic E-state index is -0.145. The van der Waals surface area contributed by atoms with Crippen molar-refractivity contribution in [2.45, 2.75) is 32.8 Å². The number of carbonyl (C=O) groups excluding carboxylic acids is 2. The Hall–Kier alpha value is -2.42. The Labute approximate surface area is 130 Å². The number of carbonyl (C=O) groups is 2. The Balaban J connectivity index is 2.37. The molecule has 0 spiro atoms. The van der Waals surface area contributed by atoms with Crippen LogP contribution in [-0.4, -0.2) is 12.6 Å². The standard InChI is InChI=1S/C19H20O3/c1-19(2,3)17-9-15(11-20)18(16(10-17)12-21)22-13-14-7-5-4-6-8-14/h4-12H,13H2,1-3H3. The first-order valence-electron chi connectivity index (χ1n) is 7.21. The van der Waals surface area contributed by atoms with Crippen molar-refractivity contribution in [3.05, 3.63) is 64.7 Å². The summed E-state index contributed by atoms with van der Waals surface area (Å²) in [4.78, 5) is 22.8. The van der Waals surface area contributed by atoms with Gasteiger partial charge in [0.1, 0.15) is 12.4 Å². The smallest absolute Gasteiger partial charge is 0.153 e. The molecule has 0 saturated carbocycles. The van der Waals surface area contributed by atoms with Crippen LogP contribution in [0.2, 0.25) is 0 Å². The van der Waals surface area contributed by atoms with Gasteiger partial charge < -0.3 is 4.74 Å². The fourth-order valence-corrected chi connectivity index (χ4v) is 2.18. The van der Waals surface area contributed by atoms with Crippen molar-refractivity contribution < 1.29 is 14.3 Å². The molecule has 0 N–H and O–H groups in total. The van der Waals surface area contributed by atoms with Gasteiger partial charge in [0, 0.05) is 0 Å². The van der Waals surface area contributed by atoms with E-state index in [-0.39, 0.29) is 5.41 Å². The first-order valence-corrected chi connectivity index (χ1v) is 7.21. The van der Waals surface area contributed by atoms with Crippen molar-refractivity contribution in [1.29, 1.82) is 0 Å². The molecule has 0 radical (unpaired) electrons. The number of benzene rings is 2. The van der Waals surface area contributed by atoms with Crippen LogP contribution in [0.3, 0.4) is 0 Å². The van der Waals surface area contributed by atoms with Gasteiger partial charge in [0.25, 0.3) is 0 Å². The van der Waals surface area contributed by atoms with Crippen LogP contribution >= 0.6 is 0 Å². The summed E-state index contributed by atoms with van der Waals surface area (Å²) in [5, 5.41) is 0. The van der Waals surface area contributed by atoms with Gasteiger partial charge in [0.05, 0.1) is 11.1 Å². The predicted octanol–water partition coefficient (Wildman–Crippen LogP) is 4.19. The molecule has 0 fully saturated rings. The van der Waals surface area contributed by atoms with Crippen molar-refractivity contribution in [3.63, 3.8) is 0 Å². The third-order valence-corrected chi connectivity index (χ3v) is 3.49. The second kappa shape index (κ2) is 6.56. The summed E-state index contributed by atoms with van der Waals surface area (Å²) in [6.45, 7) is 6.43. The Kier molecular flexibility index (Phi) is 4.76. The summed E-state index contributed by atoms with van der Waals surface area (Å²) < 4.78 is 5.74. The van der Waals surface area contributed by atoms with E-state index >= 15 is 0 Å². The van der Waals surface area contributed by atoms with Gasteiger partial charge in [-0.3, -0.25) is 9.59 Å². The van der Waals surface area contributed by atoms with E-state index in [4.69, 9.17) is 4.74 Å². The number of aldehydes is 2. The molecule has 0 aliphatic rings. The highest BCUT2D eigenvalue weighted by atomic mass is 16.5. The maximum Gasteiger partial charge on any atom is 0.153 e. The summed E-state index contributed by atoms with van der Waals surface area (Å²) in [7, 11) is 0. The van der Waals surface area contributed by atoms with Crippen molar-refractivity contribution >= 4 is 12.6 Å². The minimum Gasteiger partial charge on any atom is -0.487 e. The van der Waals surface area contributed by atoms with Crippen molar-refractivity contribution in [1.82, 2.24) is 0 Å². The van der Waals surface area contributed by atoms with Crippen molar-refractivity contribution in [3.8, 4) is 5.75 Å². The first kappa shape index (κ1) is 16.0. The Bertz CT molecular complexity index is 638. The molecule has 0 bridgehead atoms. The molecule has 0 atom stereocenters. The maximum absolute atomic E-state index is 11.4. The summed E-state index contributed by atoms with van der Waals surface area (Å²) in [6, 6.07) is 13.2. The lowest BCUT2D eigenvalue weighted by Crippen LogP contribution is -2.13. The molecule has 114 valence electrons. The summed E-state index contributed by atoms with van der Waals surface area (Å²) >= 11 is 0. The van der Waals surface area contributed by atoms with Gasteiger partial charge >= 0.3 is 0 Å². The lowest BCUT2D eigenvalue weighted by atomic mass is 9.85. The third kappa shape index (κ3) is 3.61. The van der Waals surface area contributed by atoms with E-state index in [1.807, 2.05) is 51.1 Å². The molecular weight excluding hydrogens is 276 g/mol. The number of rotatable bonds is 5. The molecule has 2 aromatic carbocycles. The highest BCUT2D eigenvalue weighted by Gasteiger charge is 2.19. The minimum absolute atomic E-state index is 0.145. The van der Waals surface area contributed by atoms with Crippen molar-refractivity contribution in [2.75, 3.05) is 0 Å². The van der Waals surface area contributed by atoms with Gasteiger partial charge in [-0.2, -0.15) is 0 Å². The molecule has 2 rings (SSSR count). The van der Waals surface area contributed by atoms with Crippen LogP contribution < -0.4 is 4.74 Å². The lowest BCUT2D eigenvalue weighted by Gasteiger charge is -2.21. The Morgan fingerprint density at radius 2 is 1.50 bits per heavy atom. The fourth-order valence-electron chi connectivity index (χ4n) is 2.18. The number of hydrogen-bond acceptors (Lipinski definition) is 3. The zero-order valence-corrected chi connectivity index (χ0v) is 13.1. The highest BCUT2D eigenvalue weighted by molar-refractivity contribution is 5.89. The zero-order chi connectivity index (χ0) is 16.2. The van der Waals surface area contributed by atoms with Crippen LogP contribution in [0.1, 0.15) is 52.6 Å². The Morgan fingerprint density at radius 3 is 1.95 bits per heavy atom. The van der Waals surface area contributed by atoms with Gasteiger partial charge in [0.2, 0.25) is 0 Å².